The number of carbonyl (C=O) groups excluding carboxylic acids is 3. The normalized spacial score (nSPS) is 11.8. The number of ether oxygens (including phenoxy) is 2. The van der Waals surface area contributed by atoms with Crippen molar-refractivity contribution in [1.82, 2.24) is 15.1 Å². The van der Waals surface area contributed by atoms with E-state index < -0.39 is 23.8 Å². The number of rotatable bonds is 8. The quantitative estimate of drug-likeness (QED) is 0.415. The van der Waals surface area contributed by atoms with E-state index in [1.807, 2.05) is 0 Å². The van der Waals surface area contributed by atoms with Crippen LogP contribution in [0.1, 0.15) is 51.3 Å². The average Bonchev–Trinajstić information content (AvgIpc) is 3.36. The highest BCUT2D eigenvalue weighted by atomic mass is 19.1. The zero-order valence-electron chi connectivity index (χ0n) is 18.0. The van der Waals surface area contributed by atoms with Crippen LogP contribution < -0.4 is 0 Å². The summed E-state index contributed by atoms with van der Waals surface area (Å²) in [5.41, 5.74) is 1.96. The Labute approximate surface area is 182 Å². The number of hydrogen-bond donors (Lipinski definition) is 1. The van der Waals surface area contributed by atoms with E-state index in [4.69, 9.17) is 14.0 Å². The lowest BCUT2D eigenvalue weighted by molar-refractivity contribution is -0.146. The molecule has 0 saturated heterocycles. The maximum absolute atomic E-state index is 13.0. The van der Waals surface area contributed by atoms with Gasteiger partial charge in [0.15, 0.2) is 6.10 Å². The zero-order valence-corrected chi connectivity index (χ0v) is 18.0. The van der Waals surface area contributed by atoms with Gasteiger partial charge in [-0.3, -0.25) is 9.59 Å². The van der Waals surface area contributed by atoms with Crippen molar-refractivity contribution in [3.05, 3.63) is 58.5 Å². The highest BCUT2D eigenvalue weighted by Crippen LogP contribution is 2.21. The summed E-state index contributed by atoms with van der Waals surface area (Å²) < 4.78 is 28.1. The van der Waals surface area contributed by atoms with Crippen molar-refractivity contribution in [2.75, 3.05) is 7.11 Å². The first-order chi connectivity index (χ1) is 15.2. The molecule has 2 aromatic heterocycles. The minimum atomic E-state index is -1.07. The summed E-state index contributed by atoms with van der Waals surface area (Å²) in [6.07, 6.45) is -1.04. The third kappa shape index (κ3) is 4.90. The standard InChI is InChI=1S/C22H22FN3O6/c1-11-18(22(29)30-4)12(2)24-19(11)20(28)13(3)31-17(27)10-9-16-25-21(26-32-16)14-5-7-15(23)8-6-14/h5-8,13,24H,9-10H2,1-4H3. The molecule has 0 fully saturated rings. The summed E-state index contributed by atoms with van der Waals surface area (Å²) in [6.45, 7) is 4.72. The van der Waals surface area contributed by atoms with Gasteiger partial charge in [0.25, 0.3) is 0 Å². The fraction of sp³-hybridized carbons (Fsp3) is 0.318. The monoisotopic (exact) mass is 443 g/mol. The lowest BCUT2D eigenvalue weighted by atomic mass is 10.1. The molecule has 1 atom stereocenters. The number of Topliss-reactive ketones (excluding diaryl/α,β-unsaturated/α-hetero) is 1. The van der Waals surface area contributed by atoms with Crippen LogP contribution in [0.25, 0.3) is 11.4 Å². The molecule has 9 nitrogen and oxygen atoms in total. The van der Waals surface area contributed by atoms with E-state index in [1.165, 1.54) is 38.3 Å². The third-order valence-electron chi connectivity index (χ3n) is 4.86. The Kier molecular flexibility index (Phi) is 6.82. The number of ketones is 1. The Morgan fingerprint density at radius 3 is 2.53 bits per heavy atom. The van der Waals surface area contributed by atoms with Crippen molar-refractivity contribution in [1.29, 1.82) is 0 Å². The molecule has 0 aliphatic carbocycles. The second-order valence-corrected chi connectivity index (χ2v) is 7.13. The smallest absolute Gasteiger partial charge is 0.339 e. The zero-order chi connectivity index (χ0) is 23.4. The summed E-state index contributed by atoms with van der Waals surface area (Å²) in [7, 11) is 1.26. The number of nitrogens with zero attached hydrogens (tertiary/aromatic N) is 2. The van der Waals surface area contributed by atoms with Gasteiger partial charge in [-0.15, -0.1) is 0 Å². The number of nitrogens with one attached hydrogen (secondary N) is 1. The largest absolute Gasteiger partial charge is 0.465 e. The van der Waals surface area contributed by atoms with Gasteiger partial charge in [-0.05, 0) is 50.6 Å². The molecule has 0 amide bonds. The van der Waals surface area contributed by atoms with Crippen LogP contribution in [-0.4, -0.2) is 46.1 Å². The molecule has 1 unspecified atom stereocenters. The SMILES string of the molecule is COC(=O)c1c(C)[nH]c(C(=O)C(C)OC(=O)CCc2nc(-c3ccc(F)cc3)no2)c1C. The number of esters is 2. The highest BCUT2D eigenvalue weighted by Gasteiger charge is 2.27. The van der Waals surface area contributed by atoms with E-state index >= 15 is 0 Å². The molecular weight excluding hydrogens is 421 g/mol. The topological polar surface area (TPSA) is 124 Å². The van der Waals surface area contributed by atoms with Gasteiger partial charge in [-0.1, -0.05) is 5.16 Å². The van der Waals surface area contributed by atoms with Crippen molar-refractivity contribution in [2.24, 2.45) is 0 Å². The molecule has 2 heterocycles. The predicted molar refractivity (Wildman–Crippen MR) is 110 cm³/mol. The van der Waals surface area contributed by atoms with Crippen LogP contribution in [0.4, 0.5) is 4.39 Å². The van der Waals surface area contributed by atoms with E-state index in [2.05, 4.69) is 15.1 Å². The molecule has 3 rings (SSSR count). The number of H-pyrrole nitrogens is 1. The molecular formula is C22H22FN3O6. The predicted octanol–water partition coefficient (Wildman–Crippen LogP) is 3.35. The van der Waals surface area contributed by atoms with Crippen LogP contribution in [0, 0.1) is 19.7 Å². The second kappa shape index (κ2) is 9.54. The molecule has 1 aromatic carbocycles. The Balaban J connectivity index is 1.58. The summed E-state index contributed by atoms with van der Waals surface area (Å²) in [5, 5.41) is 3.81. The van der Waals surface area contributed by atoms with Gasteiger partial charge in [0.05, 0.1) is 24.8 Å². The van der Waals surface area contributed by atoms with E-state index in [0.29, 0.717) is 16.8 Å². The summed E-state index contributed by atoms with van der Waals surface area (Å²) in [6, 6.07) is 5.59. The fourth-order valence-corrected chi connectivity index (χ4v) is 3.20. The van der Waals surface area contributed by atoms with Gasteiger partial charge in [0.1, 0.15) is 5.82 Å². The van der Waals surface area contributed by atoms with E-state index in [0.717, 1.165) is 0 Å². The molecule has 0 bridgehead atoms. The van der Waals surface area contributed by atoms with Crippen LogP contribution in [0.15, 0.2) is 28.8 Å². The lowest BCUT2D eigenvalue weighted by Crippen LogP contribution is -2.25. The Hall–Kier alpha value is -3.82. The number of hydrogen-bond acceptors (Lipinski definition) is 8. The third-order valence-corrected chi connectivity index (χ3v) is 4.86. The van der Waals surface area contributed by atoms with Crippen molar-refractivity contribution < 1.29 is 32.8 Å². The first kappa shape index (κ1) is 22.9. The van der Waals surface area contributed by atoms with Crippen molar-refractivity contribution in [3.8, 4) is 11.4 Å². The summed E-state index contributed by atoms with van der Waals surface area (Å²) in [5.74, 6) is -1.55. The maximum Gasteiger partial charge on any atom is 0.339 e. The number of aromatic amines is 1. The molecule has 10 heteroatoms. The average molecular weight is 443 g/mol. The summed E-state index contributed by atoms with van der Waals surface area (Å²) >= 11 is 0. The molecule has 0 saturated carbocycles. The highest BCUT2D eigenvalue weighted by molar-refractivity contribution is 6.03. The van der Waals surface area contributed by atoms with Gasteiger partial charge < -0.3 is 19.0 Å². The Morgan fingerprint density at radius 1 is 1.19 bits per heavy atom. The second-order valence-electron chi connectivity index (χ2n) is 7.13. The fourth-order valence-electron chi connectivity index (χ4n) is 3.20. The number of carbonyl (C=O) groups is 3. The number of methoxy groups -OCH3 is 1. The van der Waals surface area contributed by atoms with E-state index in [9.17, 15) is 18.8 Å². The molecule has 0 aliphatic rings. The van der Waals surface area contributed by atoms with Gasteiger partial charge >= 0.3 is 11.9 Å². The van der Waals surface area contributed by atoms with Crippen molar-refractivity contribution >= 4 is 17.7 Å². The van der Waals surface area contributed by atoms with Crippen LogP contribution >= 0.6 is 0 Å². The number of aryl methyl sites for hydroxylation is 2. The summed E-state index contributed by atoms with van der Waals surface area (Å²) in [4.78, 5) is 43.8. The van der Waals surface area contributed by atoms with E-state index in [-0.39, 0.29) is 41.6 Å². The molecule has 0 aliphatic heterocycles. The number of benzene rings is 1. The van der Waals surface area contributed by atoms with Gasteiger partial charge in [0.2, 0.25) is 17.5 Å². The molecule has 0 spiro atoms. The number of aromatic nitrogens is 3. The molecule has 3 aromatic rings. The van der Waals surface area contributed by atoms with Crippen molar-refractivity contribution in [2.45, 2.75) is 39.7 Å². The molecule has 0 radical (unpaired) electrons. The van der Waals surface area contributed by atoms with Crippen LogP contribution in [0.2, 0.25) is 0 Å². The van der Waals surface area contributed by atoms with Crippen LogP contribution in [-0.2, 0) is 20.7 Å². The molecule has 32 heavy (non-hydrogen) atoms. The van der Waals surface area contributed by atoms with Gasteiger partial charge in [0, 0.05) is 17.7 Å². The van der Waals surface area contributed by atoms with Crippen molar-refractivity contribution in [3.63, 3.8) is 0 Å². The van der Waals surface area contributed by atoms with Gasteiger partial charge in [-0.2, -0.15) is 4.98 Å². The number of halogens is 1. The van der Waals surface area contributed by atoms with E-state index in [1.54, 1.807) is 13.8 Å². The first-order valence-electron chi connectivity index (χ1n) is 9.81. The lowest BCUT2D eigenvalue weighted by Gasteiger charge is -2.11. The molecule has 168 valence electrons. The maximum atomic E-state index is 13.0. The van der Waals surface area contributed by atoms with Gasteiger partial charge in [-0.25, -0.2) is 9.18 Å². The minimum Gasteiger partial charge on any atom is -0.465 e. The Bertz CT molecular complexity index is 1150. The first-order valence-corrected chi connectivity index (χ1v) is 9.81. The molecule has 1 N–H and O–H groups in total. The Morgan fingerprint density at radius 2 is 1.88 bits per heavy atom. The van der Waals surface area contributed by atoms with Crippen LogP contribution in [0.5, 0.6) is 0 Å². The minimum absolute atomic E-state index is 0.0845. The van der Waals surface area contributed by atoms with Crippen LogP contribution in [0.3, 0.4) is 0 Å².